The van der Waals surface area contributed by atoms with Gasteiger partial charge in [-0.2, -0.15) is 0 Å². The van der Waals surface area contributed by atoms with E-state index in [0.717, 1.165) is 39.1 Å². The highest BCUT2D eigenvalue weighted by molar-refractivity contribution is 5.80. The third-order valence-corrected chi connectivity index (χ3v) is 5.10. The quantitative estimate of drug-likeness (QED) is 0.743. The summed E-state index contributed by atoms with van der Waals surface area (Å²) in [5.74, 6) is 1.17. The van der Waals surface area contributed by atoms with Crippen LogP contribution < -0.4 is 5.32 Å². The Morgan fingerprint density at radius 1 is 1.19 bits per heavy atom. The minimum Gasteiger partial charge on any atom is -0.341 e. The van der Waals surface area contributed by atoms with E-state index in [4.69, 9.17) is 0 Å². The van der Waals surface area contributed by atoms with Crippen molar-refractivity contribution in [2.75, 3.05) is 32.7 Å². The van der Waals surface area contributed by atoms with Crippen LogP contribution in [0.15, 0.2) is 0 Å². The van der Waals surface area contributed by atoms with Crippen LogP contribution >= 0.6 is 0 Å². The lowest BCUT2D eigenvalue weighted by Crippen LogP contribution is -2.45. The molecular weight excluding hydrogens is 262 g/mol. The Labute approximate surface area is 130 Å². The number of carbonyl (C=O) groups is 1. The molecule has 2 fully saturated rings. The van der Waals surface area contributed by atoms with Crippen LogP contribution in [0.25, 0.3) is 0 Å². The summed E-state index contributed by atoms with van der Waals surface area (Å²) in [5, 5.41) is 3.60. The van der Waals surface area contributed by atoms with Crippen LogP contribution in [0.3, 0.4) is 0 Å². The fraction of sp³-hybridized carbons (Fsp3) is 0.941. The first-order valence-electron chi connectivity index (χ1n) is 8.82. The van der Waals surface area contributed by atoms with Gasteiger partial charge in [0.05, 0.1) is 5.92 Å². The van der Waals surface area contributed by atoms with Gasteiger partial charge in [-0.25, -0.2) is 0 Å². The number of hydrogen-bond acceptors (Lipinski definition) is 3. The van der Waals surface area contributed by atoms with Gasteiger partial charge >= 0.3 is 0 Å². The summed E-state index contributed by atoms with van der Waals surface area (Å²) in [4.78, 5) is 17.5. The van der Waals surface area contributed by atoms with Crippen molar-refractivity contribution in [3.8, 4) is 0 Å². The first-order chi connectivity index (χ1) is 10.0. The molecule has 0 aromatic heterocycles. The molecule has 4 heteroatoms. The highest BCUT2D eigenvalue weighted by atomic mass is 16.2. The molecule has 0 spiro atoms. The van der Waals surface area contributed by atoms with Crippen LogP contribution in [0.4, 0.5) is 0 Å². The molecule has 3 unspecified atom stereocenters. The second kappa shape index (κ2) is 7.59. The fourth-order valence-corrected chi connectivity index (χ4v) is 3.87. The van der Waals surface area contributed by atoms with Crippen molar-refractivity contribution in [1.82, 2.24) is 15.1 Å². The second-order valence-corrected chi connectivity index (χ2v) is 7.09. The van der Waals surface area contributed by atoms with E-state index in [1.54, 1.807) is 0 Å². The molecule has 122 valence electrons. The Bertz CT molecular complexity index is 341. The van der Waals surface area contributed by atoms with Crippen LogP contribution in [0.5, 0.6) is 0 Å². The SMILES string of the molecule is CCN(CC)CCN(CC(C)C)C(=O)C1CC2CCC1N2. The lowest BCUT2D eigenvalue weighted by molar-refractivity contribution is -0.137. The van der Waals surface area contributed by atoms with Gasteiger partial charge in [-0.1, -0.05) is 27.7 Å². The van der Waals surface area contributed by atoms with Crippen LogP contribution in [-0.2, 0) is 4.79 Å². The molecule has 21 heavy (non-hydrogen) atoms. The number of hydrogen-bond donors (Lipinski definition) is 1. The van der Waals surface area contributed by atoms with Crippen molar-refractivity contribution in [2.45, 2.75) is 59.0 Å². The number of nitrogens with one attached hydrogen (secondary N) is 1. The molecule has 0 saturated carbocycles. The number of rotatable bonds is 8. The number of nitrogens with zero attached hydrogens (tertiary/aromatic N) is 2. The highest BCUT2D eigenvalue weighted by Crippen LogP contribution is 2.34. The summed E-state index contributed by atoms with van der Waals surface area (Å²) in [6.45, 7) is 13.7. The molecule has 0 radical (unpaired) electrons. The molecule has 2 saturated heterocycles. The summed E-state index contributed by atoms with van der Waals surface area (Å²) < 4.78 is 0. The maximum absolute atomic E-state index is 12.9. The summed E-state index contributed by atoms with van der Waals surface area (Å²) in [6, 6.07) is 1.05. The van der Waals surface area contributed by atoms with E-state index in [1.165, 1.54) is 12.8 Å². The summed E-state index contributed by atoms with van der Waals surface area (Å²) in [6.07, 6.45) is 3.51. The van der Waals surface area contributed by atoms with Gasteiger partial charge in [-0.3, -0.25) is 4.79 Å². The summed E-state index contributed by atoms with van der Waals surface area (Å²) in [5.41, 5.74) is 0. The molecule has 2 rings (SSSR count). The van der Waals surface area contributed by atoms with Gasteiger partial charge in [-0.15, -0.1) is 0 Å². The van der Waals surface area contributed by atoms with E-state index >= 15 is 0 Å². The number of amides is 1. The molecular formula is C17H33N3O. The highest BCUT2D eigenvalue weighted by Gasteiger charge is 2.44. The zero-order chi connectivity index (χ0) is 15.4. The summed E-state index contributed by atoms with van der Waals surface area (Å²) in [7, 11) is 0. The molecule has 3 atom stereocenters. The Kier molecular flexibility index (Phi) is 6.06. The standard InChI is InChI=1S/C17H33N3O/c1-5-19(6-2)9-10-20(12-13(3)4)17(21)15-11-14-7-8-16(15)18-14/h13-16,18H,5-12H2,1-4H3. The first-order valence-corrected chi connectivity index (χ1v) is 8.82. The van der Waals surface area contributed by atoms with Gasteiger partial charge in [0.25, 0.3) is 0 Å². The molecule has 0 aromatic carbocycles. The van der Waals surface area contributed by atoms with Crippen molar-refractivity contribution in [3.05, 3.63) is 0 Å². The van der Waals surface area contributed by atoms with Gasteiger partial charge in [0.2, 0.25) is 5.91 Å². The zero-order valence-corrected chi connectivity index (χ0v) is 14.3. The van der Waals surface area contributed by atoms with E-state index in [-0.39, 0.29) is 5.92 Å². The van der Waals surface area contributed by atoms with Crippen molar-refractivity contribution in [3.63, 3.8) is 0 Å². The van der Waals surface area contributed by atoms with Crippen LogP contribution in [-0.4, -0.2) is 60.5 Å². The average Bonchev–Trinajstić information content (AvgIpc) is 3.08. The third kappa shape index (κ3) is 4.19. The topological polar surface area (TPSA) is 35.6 Å². The average molecular weight is 295 g/mol. The molecule has 1 amide bonds. The van der Waals surface area contributed by atoms with Gasteiger partial charge in [0, 0.05) is 31.7 Å². The Hall–Kier alpha value is -0.610. The molecule has 0 aromatic rings. The van der Waals surface area contributed by atoms with Crippen molar-refractivity contribution in [1.29, 1.82) is 0 Å². The Morgan fingerprint density at radius 2 is 1.90 bits per heavy atom. The number of fused-ring (bicyclic) bond motifs is 2. The molecule has 4 nitrogen and oxygen atoms in total. The number of carbonyl (C=O) groups excluding carboxylic acids is 1. The van der Waals surface area contributed by atoms with E-state index in [0.29, 0.717) is 23.9 Å². The molecule has 2 heterocycles. The Morgan fingerprint density at radius 3 is 2.38 bits per heavy atom. The van der Waals surface area contributed by atoms with E-state index in [9.17, 15) is 4.79 Å². The van der Waals surface area contributed by atoms with Crippen molar-refractivity contribution >= 4 is 5.91 Å². The zero-order valence-electron chi connectivity index (χ0n) is 14.3. The van der Waals surface area contributed by atoms with Crippen LogP contribution in [0.2, 0.25) is 0 Å². The molecule has 2 aliphatic heterocycles. The van der Waals surface area contributed by atoms with Crippen LogP contribution in [0.1, 0.15) is 47.0 Å². The normalized spacial score (nSPS) is 27.8. The fourth-order valence-electron chi connectivity index (χ4n) is 3.87. The predicted molar refractivity (Wildman–Crippen MR) is 87.3 cm³/mol. The van der Waals surface area contributed by atoms with Gasteiger partial charge in [0.15, 0.2) is 0 Å². The number of likely N-dealkylation sites (N-methyl/N-ethyl adjacent to an activating group) is 1. The second-order valence-electron chi connectivity index (χ2n) is 7.09. The minimum atomic E-state index is 0.235. The molecule has 0 aliphatic carbocycles. The van der Waals surface area contributed by atoms with Gasteiger partial charge < -0.3 is 15.1 Å². The van der Waals surface area contributed by atoms with E-state index in [2.05, 4.69) is 42.8 Å². The maximum atomic E-state index is 12.9. The third-order valence-electron chi connectivity index (χ3n) is 5.10. The summed E-state index contributed by atoms with van der Waals surface area (Å²) >= 11 is 0. The Balaban J connectivity index is 1.93. The van der Waals surface area contributed by atoms with E-state index in [1.807, 2.05) is 0 Å². The molecule has 2 bridgehead atoms. The predicted octanol–water partition coefficient (Wildman–Crippen LogP) is 1.95. The maximum Gasteiger partial charge on any atom is 0.227 e. The van der Waals surface area contributed by atoms with Crippen LogP contribution in [0, 0.1) is 11.8 Å². The van der Waals surface area contributed by atoms with E-state index < -0.39 is 0 Å². The molecule has 2 aliphatic rings. The first kappa shape index (κ1) is 16.8. The smallest absolute Gasteiger partial charge is 0.227 e. The van der Waals surface area contributed by atoms with Gasteiger partial charge in [-0.05, 0) is 38.3 Å². The lowest BCUT2D eigenvalue weighted by atomic mass is 9.88. The molecule has 1 N–H and O–H groups in total. The van der Waals surface area contributed by atoms with Gasteiger partial charge in [0.1, 0.15) is 0 Å². The van der Waals surface area contributed by atoms with Crippen molar-refractivity contribution in [2.24, 2.45) is 11.8 Å². The largest absolute Gasteiger partial charge is 0.341 e. The van der Waals surface area contributed by atoms with Crippen molar-refractivity contribution < 1.29 is 4.79 Å². The monoisotopic (exact) mass is 295 g/mol. The minimum absolute atomic E-state index is 0.235. The lowest BCUT2D eigenvalue weighted by Gasteiger charge is -2.32.